The molecule has 0 aromatic carbocycles. The van der Waals surface area contributed by atoms with E-state index >= 15 is 0 Å². The van der Waals surface area contributed by atoms with Gasteiger partial charge in [-0.1, -0.05) is 27.7 Å². The summed E-state index contributed by atoms with van der Waals surface area (Å²) in [5.74, 6) is 0.329. The van der Waals surface area contributed by atoms with E-state index in [1.807, 2.05) is 20.8 Å². The van der Waals surface area contributed by atoms with Crippen molar-refractivity contribution in [3.05, 3.63) is 0 Å². The Bertz CT molecular complexity index is 217. The highest BCUT2D eigenvalue weighted by Crippen LogP contribution is 2.08. The second kappa shape index (κ2) is 8.48. The third-order valence-electron chi connectivity index (χ3n) is 2.37. The lowest BCUT2D eigenvalue weighted by atomic mass is 10.1. The quantitative estimate of drug-likeness (QED) is 0.664. The van der Waals surface area contributed by atoms with Gasteiger partial charge in [0.15, 0.2) is 0 Å². The molecule has 2 unspecified atom stereocenters. The molecule has 0 aromatic heterocycles. The topological polar surface area (TPSA) is 47.6 Å². The van der Waals surface area contributed by atoms with Gasteiger partial charge in [0.25, 0.3) is 0 Å². The van der Waals surface area contributed by atoms with Crippen molar-refractivity contribution < 1.29 is 14.3 Å². The molecule has 0 aromatic rings. The molecule has 0 bridgehead atoms. The number of hydrogen-bond acceptors (Lipinski definition) is 4. The molecule has 0 rings (SSSR count). The SMILES string of the molecule is COC(=O)C(COC(C)CC(C)C)NC(C)C. The third kappa shape index (κ3) is 8.16. The van der Waals surface area contributed by atoms with E-state index in [2.05, 4.69) is 19.2 Å². The Kier molecular flexibility index (Phi) is 8.17. The number of esters is 1. The van der Waals surface area contributed by atoms with Crippen molar-refractivity contribution in [1.82, 2.24) is 5.32 Å². The molecule has 0 aliphatic carbocycles. The van der Waals surface area contributed by atoms with E-state index < -0.39 is 0 Å². The maximum atomic E-state index is 11.5. The van der Waals surface area contributed by atoms with Gasteiger partial charge in [-0.15, -0.1) is 0 Å². The Labute approximate surface area is 105 Å². The second-order valence-electron chi connectivity index (χ2n) is 5.17. The van der Waals surface area contributed by atoms with E-state index in [0.29, 0.717) is 12.5 Å². The predicted octanol–water partition coefficient (Wildman–Crippen LogP) is 1.98. The normalized spacial score (nSPS) is 15.1. The molecule has 0 aliphatic heterocycles. The van der Waals surface area contributed by atoms with E-state index in [4.69, 9.17) is 9.47 Å². The molecule has 4 nitrogen and oxygen atoms in total. The Morgan fingerprint density at radius 2 is 1.76 bits per heavy atom. The van der Waals surface area contributed by atoms with Crippen LogP contribution in [0.2, 0.25) is 0 Å². The highest BCUT2D eigenvalue weighted by molar-refractivity contribution is 5.75. The van der Waals surface area contributed by atoms with E-state index in [1.54, 1.807) is 0 Å². The lowest BCUT2D eigenvalue weighted by molar-refractivity contribution is -0.145. The van der Waals surface area contributed by atoms with Gasteiger partial charge < -0.3 is 14.8 Å². The van der Waals surface area contributed by atoms with Crippen LogP contribution in [0.25, 0.3) is 0 Å². The first kappa shape index (κ1) is 16.4. The summed E-state index contributed by atoms with van der Waals surface area (Å²) in [6, 6.07) is -0.155. The van der Waals surface area contributed by atoms with E-state index in [1.165, 1.54) is 7.11 Å². The largest absolute Gasteiger partial charge is 0.468 e. The molecule has 0 aliphatic rings. The van der Waals surface area contributed by atoms with Crippen LogP contribution in [0.5, 0.6) is 0 Å². The average Bonchev–Trinajstić information content (AvgIpc) is 2.21. The van der Waals surface area contributed by atoms with Gasteiger partial charge in [-0.3, -0.25) is 4.79 Å². The zero-order valence-electron chi connectivity index (χ0n) is 11.9. The standard InChI is InChI=1S/C13H27NO3/c1-9(2)7-11(5)17-8-12(13(15)16-6)14-10(3)4/h9-12,14H,7-8H2,1-6H3. The Balaban J connectivity index is 4.11. The summed E-state index contributed by atoms with van der Waals surface area (Å²) in [6.45, 7) is 10.7. The van der Waals surface area contributed by atoms with Crippen LogP contribution in [0.1, 0.15) is 41.0 Å². The molecule has 0 spiro atoms. The molecule has 1 N–H and O–H groups in total. The molecular formula is C13H27NO3. The number of carbonyl (C=O) groups is 1. The van der Waals surface area contributed by atoms with Gasteiger partial charge in [-0.25, -0.2) is 0 Å². The Hall–Kier alpha value is -0.610. The van der Waals surface area contributed by atoms with Gasteiger partial charge >= 0.3 is 5.97 Å². The van der Waals surface area contributed by atoms with Crippen molar-refractivity contribution in [2.75, 3.05) is 13.7 Å². The van der Waals surface area contributed by atoms with Gasteiger partial charge in [0.05, 0.1) is 19.8 Å². The molecule has 0 heterocycles. The Morgan fingerprint density at radius 1 is 1.18 bits per heavy atom. The number of methoxy groups -OCH3 is 1. The van der Waals surface area contributed by atoms with Crippen LogP contribution in [-0.2, 0) is 14.3 Å². The van der Waals surface area contributed by atoms with Crippen LogP contribution in [0, 0.1) is 5.92 Å². The summed E-state index contributed by atoms with van der Waals surface area (Å²) < 4.78 is 10.4. The number of nitrogens with one attached hydrogen (secondary N) is 1. The zero-order valence-corrected chi connectivity index (χ0v) is 11.9. The number of ether oxygens (including phenoxy) is 2. The third-order valence-corrected chi connectivity index (χ3v) is 2.37. The van der Waals surface area contributed by atoms with Crippen molar-refractivity contribution in [1.29, 1.82) is 0 Å². The number of carbonyl (C=O) groups excluding carboxylic acids is 1. The van der Waals surface area contributed by atoms with Gasteiger partial charge in [-0.2, -0.15) is 0 Å². The van der Waals surface area contributed by atoms with E-state index in [-0.39, 0.29) is 24.2 Å². The van der Waals surface area contributed by atoms with E-state index in [9.17, 15) is 4.79 Å². The summed E-state index contributed by atoms with van der Waals surface area (Å²) >= 11 is 0. The van der Waals surface area contributed by atoms with Crippen LogP contribution in [0.3, 0.4) is 0 Å². The maximum absolute atomic E-state index is 11.5. The summed E-state index contributed by atoms with van der Waals surface area (Å²) in [4.78, 5) is 11.5. The fraction of sp³-hybridized carbons (Fsp3) is 0.923. The average molecular weight is 245 g/mol. The summed E-state index contributed by atoms with van der Waals surface area (Å²) in [6.07, 6.45) is 1.16. The second-order valence-corrected chi connectivity index (χ2v) is 5.17. The molecular weight excluding hydrogens is 218 g/mol. The minimum absolute atomic E-state index is 0.163. The first-order chi connectivity index (χ1) is 7.86. The molecule has 0 amide bonds. The van der Waals surface area contributed by atoms with Gasteiger partial charge in [0.2, 0.25) is 0 Å². The lowest BCUT2D eigenvalue weighted by Gasteiger charge is -2.22. The first-order valence-corrected chi connectivity index (χ1v) is 6.32. The molecule has 2 atom stereocenters. The van der Waals surface area contributed by atoms with Gasteiger partial charge in [0.1, 0.15) is 6.04 Å². The summed E-state index contributed by atoms with van der Waals surface area (Å²) in [5, 5.41) is 3.14. The van der Waals surface area contributed by atoms with Gasteiger partial charge in [-0.05, 0) is 19.3 Å². The van der Waals surface area contributed by atoms with Crippen LogP contribution < -0.4 is 5.32 Å². The molecule has 0 fully saturated rings. The number of hydrogen-bond donors (Lipinski definition) is 1. The fourth-order valence-electron chi connectivity index (χ4n) is 1.72. The Morgan fingerprint density at radius 3 is 2.18 bits per heavy atom. The van der Waals surface area contributed by atoms with Crippen LogP contribution in [-0.4, -0.2) is 37.9 Å². The highest BCUT2D eigenvalue weighted by Gasteiger charge is 2.21. The van der Waals surface area contributed by atoms with Crippen LogP contribution >= 0.6 is 0 Å². The summed E-state index contributed by atoms with van der Waals surface area (Å²) in [7, 11) is 1.40. The molecule has 0 saturated carbocycles. The molecule has 102 valence electrons. The van der Waals surface area contributed by atoms with E-state index in [0.717, 1.165) is 6.42 Å². The van der Waals surface area contributed by atoms with Gasteiger partial charge in [0, 0.05) is 6.04 Å². The molecule has 4 heteroatoms. The lowest BCUT2D eigenvalue weighted by Crippen LogP contribution is -2.45. The molecule has 17 heavy (non-hydrogen) atoms. The monoisotopic (exact) mass is 245 g/mol. The van der Waals surface area contributed by atoms with Crippen molar-refractivity contribution in [3.63, 3.8) is 0 Å². The zero-order chi connectivity index (χ0) is 13.4. The summed E-state index contributed by atoms with van der Waals surface area (Å²) in [5.41, 5.74) is 0. The van der Waals surface area contributed by atoms with Crippen molar-refractivity contribution >= 4 is 5.97 Å². The molecule has 0 radical (unpaired) electrons. The number of rotatable bonds is 8. The minimum Gasteiger partial charge on any atom is -0.468 e. The molecule has 0 saturated heterocycles. The fourth-order valence-corrected chi connectivity index (χ4v) is 1.72. The van der Waals surface area contributed by atoms with Crippen molar-refractivity contribution in [2.24, 2.45) is 5.92 Å². The minimum atomic E-state index is -0.380. The predicted molar refractivity (Wildman–Crippen MR) is 68.9 cm³/mol. The smallest absolute Gasteiger partial charge is 0.325 e. The maximum Gasteiger partial charge on any atom is 0.325 e. The first-order valence-electron chi connectivity index (χ1n) is 6.32. The van der Waals surface area contributed by atoms with Crippen molar-refractivity contribution in [3.8, 4) is 0 Å². The van der Waals surface area contributed by atoms with Crippen molar-refractivity contribution in [2.45, 2.75) is 59.2 Å². The van der Waals surface area contributed by atoms with Crippen LogP contribution in [0.4, 0.5) is 0 Å². The van der Waals surface area contributed by atoms with Crippen LogP contribution in [0.15, 0.2) is 0 Å². The highest BCUT2D eigenvalue weighted by atomic mass is 16.5.